The van der Waals surface area contributed by atoms with E-state index in [1.165, 1.54) is 0 Å². The topological polar surface area (TPSA) is 70.7 Å². The Morgan fingerprint density at radius 2 is 1.95 bits per heavy atom. The van der Waals surface area contributed by atoms with E-state index in [1.54, 1.807) is 4.90 Å². The normalized spacial score (nSPS) is 21.7. The fourth-order valence-corrected chi connectivity index (χ4v) is 2.52. The second-order valence-electron chi connectivity index (χ2n) is 5.61. The molecule has 7 heteroatoms. The molecule has 2 unspecified atom stereocenters. The molecule has 0 aromatic rings. The SMILES string of the molecule is CCC(NC(=O)C(C)C1CNC1)C(=O)N1CCOCC1.Cl. The maximum Gasteiger partial charge on any atom is 0.245 e. The van der Waals surface area contributed by atoms with Crippen molar-refractivity contribution in [2.45, 2.75) is 26.3 Å². The molecule has 122 valence electrons. The summed E-state index contributed by atoms with van der Waals surface area (Å²) in [6.45, 7) is 8.05. The molecule has 21 heavy (non-hydrogen) atoms. The van der Waals surface area contributed by atoms with Crippen molar-refractivity contribution in [3.63, 3.8) is 0 Å². The van der Waals surface area contributed by atoms with E-state index in [0.717, 1.165) is 13.1 Å². The Hall–Kier alpha value is -0.850. The molecule has 0 radical (unpaired) electrons. The van der Waals surface area contributed by atoms with Crippen molar-refractivity contribution in [1.29, 1.82) is 0 Å². The van der Waals surface area contributed by atoms with Crippen molar-refractivity contribution < 1.29 is 14.3 Å². The predicted octanol–water partition coefficient (Wildman–Crippen LogP) is 0.0173. The summed E-state index contributed by atoms with van der Waals surface area (Å²) < 4.78 is 5.25. The lowest BCUT2D eigenvalue weighted by molar-refractivity contribution is -0.141. The van der Waals surface area contributed by atoms with E-state index in [4.69, 9.17) is 4.74 Å². The molecule has 0 bridgehead atoms. The molecule has 2 fully saturated rings. The Labute approximate surface area is 132 Å². The van der Waals surface area contributed by atoms with Gasteiger partial charge in [0.2, 0.25) is 11.8 Å². The Bertz CT molecular complexity index is 357. The van der Waals surface area contributed by atoms with E-state index < -0.39 is 6.04 Å². The highest BCUT2D eigenvalue weighted by Crippen LogP contribution is 2.16. The van der Waals surface area contributed by atoms with Crippen LogP contribution in [0.25, 0.3) is 0 Å². The third-order valence-electron chi connectivity index (χ3n) is 4.28. The first-order valence-corrected chi connectivity index (χ1v) is 7.51. The van der Waals surface area contributed by atoms with Gasteiger partial charge in [-0.05, 0) is 25.4 Å². The summed E-state index contributed by atoms with van der Waals surface area (Å²) >= 11 is 0. The standard InChI is InChI=1S/C14H25N3O3.ClH/c1-3-12(14(19)17-4-6-20-7-5-17)16-13(18)10(2)11-8-15-9-11;/h10-12,15H,3-9H2,1-2H3,(H,16,18);1H. The van der Waals surface area contributed by atoms with Crippen LogP contribution in [0.3, 0.4) is 0 Å². The zero-order valence-electron chi connectivity index (χ0n) is 12.8. The highest BCUT2D eigenvalue weighted by Gasteiger charge is 2.32. The summed E-state index contributed by atoms with van der Waals surface area (Å²) in [5.41, 5.74) is 0. The van der Waals surface area contributed by atoms with E-state index in [1.807, 2.05) is 13.8 Å². The number of morpholine rings is 1. The average Bonchev–Trinajstić information content (AvgIpc) is 2.42. The Balaban J connectivity index is 0.00000220. The number of rotatable bonds is 5. The molecule has 0 saturated carbocycles. The van der Waals surface area contributed by atoms with Crippen LogP contribution in [0.2, 0.25) is 0 Å². The third-order valence-corrected chi connectivity index (χ3v) is 4.28. The van der Waals surface area contributed by atoms with E-state index in [-0.39, 0.29) is 30.1 Å². The lowest BCUT2D eigenvalue weighted by atomic mass is 9.88. The number of nitrogens with zero attached hydrogens (tertiary/aromatic N) is 1. The molecule has 2 atom stereocenters. The molecule has 2 aliphatic rings. The number of hydrogen-bond acceptors (Lipinski definition) is 4. The predicted molar refractivity (Wildman–Crippen MR) is 82.4 cm³/mol. The number of amides is 2. The fraction of sp³-hybridized carbons (Fsp3) is 0.857. The lowest BCUT2D eigenvalue weighted by Gasteiger charge is -2.34. The van der Waals surface area contributed by atoms with Crippen LogP contribution in [0.15, 0.2) is 0 Å². The number of nitrogens with one attached hydrogen (secondary N) is 2. The molecule has 6 nitrogen and oxygen atoms in total. The molecule has 2 amide bonds. The van der Waals surface area contributed by atoms with Crippen LogP contribution in [0.1, 0.15) is 20.3 Å². The molecule has 2 rings (SSSR count). The van der Waals surface area contributed by atoms with E-state index in [0.29, 0.717) is 38.6 Å². The van der Waals surface area contributed by atoms with Gasteiger partial charge in [0.25, 0.3) is 0 Å². The van der Waals surface area contributed by atoms with Crippen molar-refractivity contribution in [1.82, 2.24) is 15.5 Å². The summed E-state index contributed by atoms with van der Waals surface area (Å²) in [4.78, 5) is 26.4. The Morgan fingerprint density at radius 1 is 1.33 bits per heavy atom. The van der Waals surface area contributed by atoms with Gasteiger partial charge >= 0.3 is 0 Å². The zero-order chi connectivity index (χ0) is 14.5. The molecular weight excluding hydrogens is 294 g/mol. The molecule has 2 aliphatic heterocycles. The van der Waals surface area contributed by atoms with Gasteiger partial charge < -0.3 is 20.3 Å². The molecule has 2 saturated heterocycles. The van der Waals surface area contributed by atoms with Gasteiger partial charge in [-0.25, -0.2) is 0 Å². The molecule has 0 aromatic heterocycles. The van der Waals surface area contributed by atoms with Gasteiger partial charge in [0, 0.05) is 19.0 Å². The van der Waals surface area contributed by atoms with Gasteiger partial charge in [-0.3, -0.25) is 9.59 Å². The summed E-state index contributed by atoms with van der Waals surface area (Å²) in [5.74, 6) is 0.363. The van der Waals surface area contributed by atoms with E-state index in [9.17, 15) is 9.59 Å². The fourth-order valence-electron chi connectivity index (χ4n) is 2.52. The lowest BCUT2D eigenvalue weighted by Crippen LogP contribution is -2.55. The minimum Gasteiger partial charge on any atom is -0.378 e. The summed E-state index contributed by atoms with van der Waals surface area (Å²) in [7, 11) is 0. The third kappa shape index (κ3) is 4.56. The molecule has 0 aliphatic carbocycles. The van der Waals surface area contributed by atoms with E-state index in [2.05, 4.69) is 10.6 Å². The van der Waals surface area contributed by atoms with Gasteiger partial charge in [-0.2, -0.15) is 0 Å². The smallest absolute Gasteiger partial charge is 0.245 e. The van der Waals surface area contributed by atoms with Crippen molar-refractivity contribution >= 4 is 24.2 Å². The quantitative estimate of drug-likeness (QED) is 0.749. The Morgan fingerprint density at radius 3 is 2.43 bits per heavy atom. The van der Waals surface area contributed by atoms with Gasteiger partial charge in [-0.1, -0.05) is 13.8 Å². The number of hydrogen-bond donors (Lipinski definition) is 2. The molecule has 2 heterocycles. The van der Waals surface area contributed by atoms with Crippen LogP contribution in [0.5, 0.6) is 0 Å². The highest BCUT2D eigenvalue weighted by atomic mass is 35.5. The summed E-state index contributed by atoms with van der Waals surface area (Å²) in [6, 6.07) is -0.406. The van der Waals surface area contributed by atoms with Crippen LogP contribution >= 0.6 is 12.4 Å². The van der Waals surface area contributed by atoms with Crippen LogP contribution in [0.4, 0.5) is 0 Å². The monoisotopic (exact) mass is 319 g/mol. The first kappa shape index (κ1) is 18.2. The minimum atomic E-state index is -0.406. The maximum atomic E-state index is 12.4. The summed E-state index contributed by atoms with van der Waals surface area (Å²) in [5, 5.41) is 6.08. The van der Waals surface area contributed by atoms with Crippen molar-refractivity contribution in [3.05, 3.63) is 0 Å². The molecule has 2 N–H and O–H groups in total. The maximum absolute atomic E-state index is 12.4. The van der Waals surface area contributed by atoms with Gasteiger partial charge in [0.1, 0.15) is 6.04 Å². The Kier molecular flexibility index (Phi) is 7.42. The average molecular weight is 320 g/mol. The van der Waals surface area contributed by atoms with Crippen molar-refractivity contribution in [3.8, 4) is 0 Å². The number of carbonyl (C=O) groups is 2. The van der Waals surface area contributed by atoms with Crippen LogP contribution in [0, 0.1) is 11.8 Å². The minimum absolute atomic E-state index is 0. The highest BCUT2D eigenvalue weighted by molar-refractivity contribution is 5.88. The van der Waals surface area contributed by atoms with Gasteiger partial charge in [0.05, 0.1) is 13.2 Å². The first-order chi connectivity index (χ1) is 9.63. The van der Waals surface area contributed by atoms with Crippen LogP contribution < -0.4 is 10.6 Å². The molecule has 0 spiro atoms. The number of ether oxygens (including phenoxy) is 1. The largest absolute Gasteiger partial charge is 0.378 e. The second-order valence-corrected chi connectivity index (χ2v) is 5.61. The van der Waals surface area contributed by atoms with Crippen molar-refractivity contribution in [2.24, 2.45) is 11.8 Å². The zero-order valence-corrected chi connectivity index (χ0v) is 13.6. The number of carbonyl (C=O) groups excluding carboxylic acids is 2. The molecule has 0 aromatic carbocycles. The van der Waals surface area contributed by atoms with Gasteiger partial charge in [-0.15, -0.1) is 12.4 Å². The first-order valence-electron chi connectivity index (χ1n) is 7.51. The second kappa shape index (κ2) is 8.56. The molecular formula is C14H26ClN3O3. The van der Waals surface area contributed by atoms with Gasteiger partial charge in [0.15, 0.2) is 0 Å². The van der Waals surface area contributed by atoms with Crippen LogP contribution in [-0.2, 0) is 14.3 Å². The van der Waals surface area contributed by atoms with Crippen molar-refractivity contribution in [2.75, 3.05) is 39.4 Å². The number of halogens is 1. The summed E-state index contributed by atoms with van der Waals surface area (Å²) in [6.07, 6.45) is 0.623. The van der Waals surface area contributed by atoms with Crippen LogP contribution in [-0.4, -0.2) is 62.1 Å². The van der Waals surface area contributed by atoms with E-state index >= 15 is 0 Å².